The van der Waals surface area contributed by atoms with E-state index in [0.717, 1.165) is 42.0 Å². The normalized spacial score (nSPS) is 17.5. The molecular weight excluding hydrogens is 340 g/mol. The van der Waals surface area contributed by atoms with E-state index in [4.69, 9.17) is 9.72 Å². The first-order valence-corrected chi connectivity index (χ1v) is 9.88. The van der Waals surface area contributed by atoms with Crippen LogP contribution < -0.4 is 5.32 Å². The highest BCUT2D eigenvalue weighted by molar-refractivity contribution is 7.14. The number of nitrogens with zero attached hydrogens (tertiary/aromatic N) is 3. The van der Waals surface area contributed by atoms with Gasteiger partial charge in [0.25, 0.3) is 0 Å². The molecule has 1 fully saturated rings. The van der Waals surface area contributed by atoms with E-state index < -0.39 is 0 Å². The summed E-state index contributed by atoms with van der Waals surface area (Å²) in [7, 11) is 0. The summed E-state index contributed by atoms with van der Waals surface area (Å²) in [5, 5.41) is 9.49. The molecule has 1 N–H and O–H groups in total. The first kappa shape index (κ1) is 15.8. The van der Waals surface area contributed by atoms with Crippen molar-refractivity contribution in [3.05, 3.63) is 34.4 Å². The van der Waals surface area contributed by atoms with E-state index in [-0.39, 0.29) is 0 Å². The van der Waals surface area contributed by atoms with Crippen LogP contribution in [0.5, 0.6) is 0 Å². The fourth-order valence-corrected chi connectivity index (χ4v) is 4.60. The topological polar surface area (TPSA) is 52.0 Å². The van der Waals surface area contributed by atoms with E-state index in [9.17, 15) is 0 Å². The molecule has 1 aliphatic rings. The van der Waals surface area contributed by atoms with Gasteiger partial charge in [-0.1, -0.05) is 0 Å². The molecule has 0 aliphatic carbocycles. The molecule has 3 aromatic heterocycles. The molecule has 1 saturated heterocycles. The van der Waals surface area contributed by atoms with Crippen molar-refractivity contribution in [3.8, 4) is 16.4 Å². The number of aromatic nitrogens is 3. The van der Waals surface area contributed by atoms with Crippen LogP contribution in [-0.2, 0) is 4.74 Å². The average molecular weight is 361 g/mol. The van der Waals surface area contributed by atoms with E-state index in [0.29, 0.717) is 6.10 Å². The molecule has 24 heavy (non-hydrogen) atoms. The summed E-state index contributed by atoms with van der Waals surface area (Å²) in [4.78, 5) is 9.19. The molecule has 0 saturated carbocycles. The summed E-state index contributed by atoms with van der Waals surface area (Å²) >= 11 is 3.30. The molecule has 0 bridgehead atoms. The number of anilines is 1. The van der Waals surface area contributed by atoms with Gasteiger partial charge in [-0.15, -0.1) is 22.7 Å². The fraction of sp³-hybridized carbons (Fsp3) is 0.412. The van der Waals surface area contributed by atoms with E-state index in [2.05, 4.69) is 40.2 Å². The van der Waals surface area contributed by atoms with E-state index in [1.807, 2.05) is 11.6 Å². The van der Waals surface area contributed by atoms with Crippen molar-refractivity contribution in [2.45, 2.75) is 32.8 Å². The van der Waals surface area contributed by atoms with Crippen molar-refractivity contribution >= 4 is 27.8 Å². The van der Waals surface area contributed by atoms with Crippen LogP contribution in [0.15, 0.2) is 23.0 Å². The first-order chi connectivity index (χ1) is 11.7. The van der Waals surface area contributed by atoms with Gasteiger partial charge >= 0.3 is 0 Å². The van der Waals surface area contributed by atoms with Gasteiger partial charge in [0, 0.05) is 47.1 Å². The second-order valence-electron chi connectivity index (χ2n) is 5.99. The van der Waals surface area contributed by atoms with Gasteiger partial charge in [-0.3, -0.25) is 4.57 Å². The number of nitrogens with one attached hydrogen (secondary N) is 1. The summed E-state index contributed by atoms with van der Waals surface area (Å²) in [6.45, 7) is 5.96. The van der Waals surface area contributed by atoms with Crippen LogP contribution in [0.2, 0.25) is 0 Å². The second-order valence-corrected chi connectivity index (χ2v) is 7.72. The monoisotopic (exact) mass is 360 g/mol. The van der Waals surface area contributed by atoms with Crippen molar-refractivity contribution in [3.63, 3.8) is 0 Å². The summed E-state index contributed by atoms with van der Waals surface area (Å²) in [5.74, 6) is 0. The van der Waals surface area contributed by atoms with E-state index >= 15 is 0 Å². The lowest BCUT2D eigenvalue weighted by atomic mass is 10.2. The van der Waals surface area contributed by atoms with Crippen LogP contribution in [0.4, 0.5) is 5.13 Å². The minimum absolute atomic E-state index is 0.326. The van der Waals surface area contributed by atoms with Crippen LogP contribution in [0.3, 0.4) is 0 Å². The Kier molecular flexibility index (Phi) is 4.39. The lowest BCUT2D eigenvalue weighted by Crippen LogP contribution is -2.18. The zero-order chi connectivity index (χ0) is 16.5. The minimum atomic E-state index is 0.326. The Labute approximate surface area is 149 Å². The molecule has 0 aromatic carbocycles. The van der Waals surface area contributed by atoms with Crippen LogP contribution in [0, 0.1) is 13.8 Å². The number of hydrogen-bond acceptors (Lipinski definition) is 6. The average Bonchev–Trinajstić information content (AvgIpc) is 3.34. The highest BCUT2D eigenvalue weighted by atomic mass is 32.1. The number of ether oxygens (including phenoxy) is 1. The maximum Gasteiger partial charge on any atom is 0.193 e. The fourth-order valence-electron chi connectivity index (χ4n) is 3.13. The third kappa shape index (κ3) is 2.99. The Bertz CT molecular complexity index is 816. The van der Waals surface area contributed by atoms with E-state index in [1.54, 1.807) is 22.7 Å². The van der Waals surface area contributed by atoms with Gasteiger partial charge in [0.2, 0.25) is 0 Å². The molecule has 1 atom stereocenters. The van der Waals surface area contributed by atoms with Crippen LogP contribution in [-0.4, -0.2) is 33.8 Å². The largest absolute Gasteiger partial charge is 0.376 e. The molecular formula is C17H20N4OS2. The van der Waals surface area contributed by atoms with Gasteiger partial charge in [-0.2, -0.15) is 0 Å². The van der Waals surface area contributed by atoms with Crippen molar-refractivity contribution in [1.82, 2.24) is 14.5 Å². The molecule has 4 rings (SSSR count). The van der Waals surface area contributed by atoms with Crippen molar-refractivity contribution in [1.29, 1.82) is 0 Å². The molecule has 0 radical (unpaired) electrons. The zero-order valence-corrected chi connectivity index (χ0v) is 15.4. The molecule has 0 amide bonds. The molecule has 0 spiro atoms. The van der Waals surface area contributed by atoms with E-state index in [1.165, 1.54) is 17.0 Å². The van der Waals surface area contributed by atoms with Gasteiger partial charge in [0.1, 0.15) is 0 Å². The summed E-state index contributed by atoms with van der Waals surface area (Å²) in [5.41, 5.74) is 4.55. The predicted octanol–water partition coefficient (Wildman–Crippen LogP) is 4.27. The van der Waals surface area contributed by atoms with Gasteiger partial charge in [0.05, 0.1) is 11.8 Å². The van der Waals surface area contributed by atoms with Gasteiger partial charge < -0.3 is 10.1 Å². The molecule has 1 aliphatic heterocycles. The van der Waals surface area contributed by atoms with Crippen LogP contribution >= 0.6 is 22.7 Å². The maximum absolute atomic E-state index is 5.65. The lowest BCUT2D eigenvalue weighted by Gasteiger charge is -2.09. The number of hydrogen-bond donors (Lipinski definition) is 1. The SMILES string of the molecule is Cc1cc(-c2csc(NC[C@H]3CCCO3)n2)c(C)n1-c1nccs1. The molecule has 0 unspecified atom stereocenters. The maximum atomic E-state index is 5.65. The van der Waals surface area contributed by atoms with Crippen molar-refractivity contribution < 1.29 is 4.74 Å². The second kappa shape index (κ2) is 6.66. The predicted molar refractivity (Wildman–Crippen MR) is 99.5 cm³/mol. The zero-order valence-electron chi connectivity index (χ0n) is 13.8. The quantitative estimate of drug-likeness (QED) is 0.738. The number of rotatable bonds is 5. The Balaban J connectivity index is 1.55. The summed E-state index contributed by atoms with van der Waals surface area (Å²) in [6, 6.07) is 2.19. The van der Waals surface area contributed by atoms with Gasteiger partial charge in [0.15, 0.2) is 10.3 Å². The van der Waals surface area contributed by atoms with Gasteiger partial charge in [-0.25, -0.2) is 9.97 Å². The number of thiazole rings is 2. The molecule has 126 valence electrons. The Hall–Kier alpha value is -1.70. The summed E-state index contributed by atoms with van der Waals surface area (Å²) in [6.07, 6.45) is 4.47. The third-order valence-corrected chi connectivity index (χ3v) is 5.88. The van der Waals surface area contributed by atoms with Crippen molar-refractivity contribution in [2.75, 3.05) is 18.5 Å². The number of aryl methyl sites for hydroxylation is 1. The summed E-state index contributed by atoms with van der Waals surface area (Å²) < 4.78 is 7.84. The smallest absolute Gasteiger partial charge is 0.193 e. The highest BCUT2D eigenvalue weighted by Crippen LogP contribution is 2.32. The Morgan fingerprint density at radius 1 is 1.38 bits per heavy atom. The molecule has 7 heteroatoms. The Morgan fingerprint density at radius 2 is 2.29 bits per heavy atom. The van der Waals surface area contributed by atoms with Crippen molar-refractivity contribution in [2.24, 2.45) is 0 Å². The highest BCUT2D eigenvalue weighted by Gasteiger charge is 2.18. The first-order valence-electron chi connectivity index (χ1n) is 8.12. The Morgan fingerprint density at radius 3 is 3.04 bits per heavy atom. The lowest BCUT2D eigenvalue weighted by molar-refractivity contribution is 0.120. The standard InChI is InChI=1S/C17H20N4OS2/c1-11-8-14(12(2)21(11)17-18-5-7-23-17)15-10-24-16(20-15)19-9-13-4-3-6-22-13/h5,7-8,10,13H,3-4,6,9H2,1-2H3,(H,19,20)/t13-/m1/s1. The minimum Gasteiger partial charge on any atom is -0.376 e. The van der Waals surface area contributed by atoms with Gasteiger partial charge in [-0.05, 0) is 32.8 Å². The van der Waals surface area contributed by atoms with Crippen LogP contribution in [0.25, 0.3) is 16.4 Å². The van der Waals surface area contributed by atoms with Crippen LogP contribution in [0.1, 0.15) is 24.2 Å². The molecule has 4 heterocycles. The molecule has 5 nitrogen and oxygen atoms in total. The third-order valence-electron chi connectivity index (χ3n) is 4.33. The molecule has 3 aromatic rings.